The van der Waals surface area contributed by atoms with Crippen LogP contribution in [0.1, 0.15) is 23.3 Å². The van der Waals surface area contributed by atoms with Crippen molar-refractivity contribution < 1.29 is 4.79 Å². The molecule has 1 amide bonds. The summed E-state index contributed by atoms with van der Waals surface area (Å²) in [5, 5.41) is 4.28. The molecule has 0 atom stereocenters. The third-order valence-electron chi connectivity index (χ3n) is 3.37. The number of H-pyrrole nitrogens is 1. The summed E-state index contributed by atoms with van der Waals surface area (Å²) in [6.45, 7) is 0.709. The van der Waals surface area contributed by atoms with Gasteiger partial charge in [-0.25, -0.2) is 4.98 Å². The summed E-state index contributed by atoms with van der Waals surface area (Å²) >= 11 is 5.82. The molecule has 0 spiro atoms. The SMILES string of the molecule is O=C(NCC1CC=CC1)c1cc2cc(Cl)ncc2[nH]1. The van der Waals surface area contributed by atoms with E-state index in [1.54, 1.807) is 18.3 Å². The van der Waals surface area contributed by atoms with Crippen LogP contribution in [0.15, 0.2) is 30.5 Å². The van der Waals surface area contributed by atoms with Crippen LogP contribution in [0.4, 0.5) is 0 Å². The van der Waals surface area contributed by atoms with Gasteiger partial charge in [-0.1, -0.05) is 23.8 Å². The average molecular weight is 276 g/mol. The molecule has 3 rings (SSSR count). The molecule has 98 valence electrons. The summed E-state index contributed by atoms with van der Waals surface area (Å²) in [5.74, 6) is 0.448. The van der Waals surface area contributed by atoms with E-state index in [0.29, 0.717) is 23.3 Å². The Kier molecular flexibility index (Phi) is 3.25. The molecule has 0 fully saturated rings. The second-order valence-corrected chi connectivity index (χ2v) is 5.18. The fourth-order valence-corrected chi connectivity index (χ4v) is 2.47. The Morgan fingerprint density at radius 2 is 2.21 bits per heavy atom. The number of aromatic nitrogens is 2. The number of hydrogen-bond donors (Lipinski definition) is 2. The number of amides is 1. The molecule has 0 radical (unpaired) electrons. The molecule has 2 aromatic heterocycles. The quantitative estimate of drug-likeness (QED) is 0.668. The Labute approximate surface area is 115 Å². The lowest BCUT2D eigenvalue weighted by molar-refractivity contribution is 0.0943. The Bertz CT molecular complexity index is 639. The Hall–Kier alpha value is -1.81. The van der Waals surface area contributed by atoms with E-state index in [4.69, 9.17) is 11.6 Å². The number of halogens is 1. The number of allylic oxidation sites excluding steroid dienone is 2. The monoisotopic (exact) mass is 275 g/mol. The predicted molar refractivity (Wildman–Crippen MR) is 75.3 cm³/mol. The zero-order chi connectivity index (χ0) is 13.2. The molecule has 0 saturated carbocycles. The molecule has 2 heterocycles. The number of fused-ring (bicyclic) bond motifs is 1. The standard InChI is InChI=1S/C14H14ClN3O/c15-13-6-10-5-11(18-12(10)8-16-13)14(19)17-7-9-3-1-2-4-9/h1-2,5-6,8-9,18H,3-4,7H2,(H,17,19). The highest BCUT2D eigenvalue weighted by Crippen LogP contribution is 2.19. The second kappa shape index (κ2) is 5.05. The first-order valence-corrected chi connectivity index (χ1v) is 6.67. The third-order valence-corrected chi connectivity index (χ3v) is 3.58. The lowest BCUT2D eigenvalue weighted by atomic mass is 10.1. The first-order chi connectivity index (χ1) is 9.22. The molecule has 4 nitrogen and oxygen atoms in total. The van der Waals surface area contributed by atoms with Crippen LogP contribution in [-0.2, 0) is 0 Å². The fourth-order valence-electron chi connectivity index (χ4n) is 2.30. The molecule has 0 unspecified atom stereocenters. The Morgan fingerprint density at radius 3 is 3.00 bits per heavy atom. The minimum atomic E-state index is -0.0841. The molecule has 0 aliphatic heterocycles. The maximum absolute atomic E-state index is 12.0. The molecule has 2 N–H and O–H groups in total. The lowest BCUT2D eigenvalue weighted by Crippen LogP contribution is -2.28. The van der Waals surface area contributed by atoms with Crippen molar-refractivity contribution in [2.45, 2.75) is 12.8 Å². The molecule has 1 aliphatic carbocycles. The van der Waals surface area contributed by atoms with E-state index in [1.807, 2.05) is 0 Å². The van der Waals surface area contributed by atoms with Gasteiger partial charge in [0.1, 0.15) is 10.8 Å². The summed E-state index contributed by atoms with van der Waals surface area (Å²) in [6.07, 6.45) is 8.05. The van der Waals surface area contributed by atoms with Crippen molar-refractivity contribution in [3.8, 4) is 0 Å². The maximum atomic E-state index is 12.0. The van der Waals surface area contributed by atoms with Gasteiger partial charge < -0.3 is 10.3 Å². The molecule has 0 saturated heterocycles. The zero-order valence-electron chi connectivity index (χ0n) is 10.3. The molecular weight excluding hydrogens is 262 g/mol. The van der Waals surface area contributed by atoms with Gasteiger partial charge in [0, 0.05) is 11.9 Å². The Balaban J connectivity index is 1.70. The molecule has 5 heteroatoms. The van der Waals surface area contributed by atoms with Crippen LogP contribution in [0.2, 0.25) is 5.15 Å². The summed E-state index contributed by atoms with van der Waals surface area (Å²) in [4.78, 5) is 19.1. The van der Waals surface area contributed by atoms with E-state index >= 15 is 0 Å². The normalized spacial score (nSPS) is 15.2. The fraction of sp³-hybridized carbons (Fsp3) is 0.286. The van der Waals surface area contributed by atoms with Crippen LogP contribution in [0.5, 0.6) is 0 Å². The number of nitrogens with zero attached hydrogens (tertiary/aromatic N) is 1. The number of carbonyl (C=O) groups is 1. The summed E-state index contributed by atoms with van der Waals surface area (Å²) in [6, 6.07) is 3.54. The molecule has 0 aromatic carbocycles. The van der Waals surface area contributed by atoms with Crippen LogP contribution in [0.25, 0.3) is 10.9 Å². The van der Waals surface area contributed by atoms with Gasteiger partial charge in [0.2, 0.25) is 0 Å². The highest BCUT2D eigenvalue weighted by molar-refractivity contribution is 6.30. The zero-order valence-corrected chi connectivity index (χ0v) is 11.1. The van der Waals surface area contributed by atoms with Crippen molar-refractivity contribution in [1.29, 1.82) is 0 Å². The van der Waals surface area contributed by atoms with Crippen LogP contribution < -0.4 is 5.32 Å². The van der Waals surface area contributed by atoms with E-state index < -0.39 is 0 Å². The van der Waals surface area contributed by atoms with Gasteiger partial charge in [0.25, 0.3) is 5.91 Å². The Morgan fingerprint density at radius 1 is 1.42 bits per heavy atom. The number of hydrogen-bond acceptors (Lipinski definition) is 2. The summed E-state index contributed by atoms with van der Waals surface area (Å²) in [7, 11) is 0. The topological polar surface area (TPSA) is 57.8 Å². The molecule has 19 heavy (non-hydrogen) atoms. The van der Waals surface area contributed by atoms with E-state index in [2.05, 4.69) is 27.4 Å². The first kappa shape index (κ1) is 12.2. The number of aromatic amines is 1. The van der Waals surface area contributed by atoms with Crippen LogP contribution >= 0.6 is 11.6 Å². The van der Waals surface area contributed by atoms with Crippen molar-refractivity contribution in [3.63, 3.8) is 0 Å². The third kappa shape index (κ3) is 2.63. The highest BCUT2D eigenvalue weighted by atomic mass is 35.5. The molecule has 1 aliphatic rings. The van der Waals surface area contributed by atoms with Gasteiger partial charge in [-0.3, -0.25) is 4.79 Å². The van der Waals surface area contributed by atoms with Crippen molar-refractivity contribution in [3.05, 3.63) is 41.3 Å². The highest BCUT2D eigenvalue weighted by Gasteiger charge is 2.14. The van der Waals surface area contributed by atoms with Gasteiger partial charge >= 0.3 is 0 Å². The van der Waals surface area contributed by atoms with Crippen molar-refractivity contribution >= 4 is 28.4 Å². The van der Waals surface area contributed by atoms with E-state index in [0.717, 1.165) is 23.7 Å². The minimum absolute atomic E-state index is 0.0841. The van der Waals surface area contributed by atoms with Crippen LogP contribution in [-0.4, -0.2) is 22.4 Å². The van der Waals surface area contributed by atoms with Crippen LogP contribution in [0, 0.1) is 5.92 Å². The van der Waals surface area contributed by atoms with E-state index in [1.165, 1.54) is 0 Å². The van der Waals surface area contributed by atoms with Crippen molar-refractivity contribution in [1.82, 2.24) is 15.3 Å². The predicted octanol–water partition coefficient (Wildman–Crippen LogP) is 2.91. The number of rotatable bonds is 3. The smallest absolute Gasteiger partial charge is 0.267 e. The first-order valence-electron chi connectivity index (χ1n) is 6.30. The van der Waals surface area contributed by atoms with Gasteiger partial charge in [0.05, 0.1) is 11.7 Å². The largest absolute Gasteiger partial charge is 0.350 e. The number of pyridine rings is 1. The van der Waals surface area contributed by atoms with Gasteiger partial charge in [-0.05, 0) is 30.9 Å². The van der Waals surface area contributed by atoms with Crippen LogP contribution in [0.3, 0.4) is 0 Å². The molecular formula is C14H14ClN3O. The maximum Gasteiger partial charge on any atom is 0.267 e. The second-order valence-electron chi connectivity index (χ2n) is 4.80. The minimum Gasteiger partial charge on any atom is -0.350 e. The molecule has 2 aromatic rings. The van der Waals surface area contributed by atoms with E-state index in [9.17, 15) is 4.79 Å². The summed E-state index contributed by atoms with van der Waals surface area (Å²) < 4.78 is 0. The van der Waals surface area contributed by atoms with Crippen molar-refractivity contribution in [2.24, 2.45) is 5.92 Å². The van der Waals surface area contributed by atoms with Gasteiger partial charge in [0.15, 0.2) is 0 Å². The van der Waals surface area contributed by atoms with E-state index in [-0.39, 0.29) is 5.91 Å². The van der Waals surface area contributed by atoms with Gasteiger partial charge in [-0.15, -0.1) is 0 Å². The molecule has 0 bridgehead atoms. The summed E-state index contributed by atoms with van der Waals surface area (Å²) in [5.41, 5.74) is 1.36. The average Bonchev–Trinajstić information content (AvgIpc) is 3.04. The number of nitrogens with one attached hydrogen (secondary N) is 2. The number of carbonyl (C=O) groups excluding carboxylic acids is 1. The van der Waals surface area contributed by atoms with Gasteiger partial charge in [-0.2, -0.15) is 0 Å². The lowest BCUT2D eigenvalue weighted by Gasteiger charge is -2.09. The van der Waals surface area contributed by atoms with Crippen molar-refractivity contribution in [2.75, 3.05) is 6.54 Å².